The number of imidazole rings is 1. The number of nitrogen functional groups attached to an aromatic ring is 1. The van der Waals surface area contributed by atoms with Gasteiger partial charge in [0.25, 0.3) is 5.91 Å². The monoisotopic (exact) mass is 426 g/mol. The summed E-state index contributed by atoms with van der Waals surface area (Å²) in [5, 5.41) is 1.12. The molecule has 0 saturated carbocycles. The Kier molecular flexibility index (Phi) is 4.24. The maximum Gasteiger partial charge on any atom is 0.257 e. The molecule has 8 nitrogen and oxygen atoms in total. The van der Waals surface area contributed by atoms with E-state index in [-0.39, 0.29) is 11.8 Å². The molecular weight excluding hydrogens is 404 g/mol. The zero-order valence-electron chi connectivity index (χ0n) is 17.4. The number of hydrogen-bond donors (Lipinski definition) is 2. The fourth-order valence-corrected chi connectivity index (χ4v) is 4.67. The number of piperidine rings is 1. The number of para-hydroxylation sites is 1. The van der Waals surface area contributed by atoms with Gasteiger partial charge in [0.1, 0.15) is 29.1 Å². The number of fused-ring (bicyclic) bond motifs is 2. The van der Waals surface area contributed by atoms with Crippen molar-refractivity contribution in [1.82, 2.24) is 24.3 Å². The number of H-pyrrole nitrogens is 1. The SMILES string of the molecule is Nc1nccn2c(C3CCN(C(=O)c4ccoc4)CC3)nc(-c3cc4ccccc4[nH]3)c12. The molecule has 32 heavy (non-hydrogen) atoms. The largest absolute Gasteiger partial charge is 0.472 e. The minimum atomic E-state index is 0.0115. The first kappa shape index (κ1) is 18.7. The summed E-state index contributed by atoms with van der Waals surface area (Å²) in [6.07, 6.45) is 8.32. The Balaban J connectivity index is 1.35. The van der Waals surface area contributed by atoms with Crippen LogP contribution >= 0.6 is 0 Å². The van der Waals surface area contributed by atoms with Gasteiger partial charge in [0, 0.05) is 42.3 Å². The number of aromatic nitrogens is 4. The molecule has 1 aliphatic heterocycles. The molecule has 0 spiro atoms. The molecule has 6 rings (SSSR count). The standard InChI is InChI=1S/C24H22N6O2/c25-22-21-20(19-13-16-3-1-2-4-18(16)27-19)28-23(30(21)11-8-26-22)15-5-9-29(10-6-15)24(31)17-7-12-32-14-17/h1-4,7-8,11-15,27H,5-6,9-10H2,(H2,25,26). The lowest BCUT2D eigenvalue weighted by atomic mass is 9.95. The Morgan fingerprint density at radius 3 is 2.81 bits per heavy atom. The van der Waals surface area contributed by atoms with Crippen molar-refractivity contribution in [3.63, 3.8) is 0 Å². The number of carbonyl (C=O) groups is 1. The van der Waals surface area contributed by atoms with E-state index in [9.17, 15) is 4.79 Å². The van der Waals surface area contributed by atoms with Crippen molar-refractivity contribution in [1.29, 1.82) is 0 Å². The van der Waals surface area contributed by atoms with E-state index >= 15 is 0 Å². The van der Waals surface area contributed by atoms with E-state index < -0.39 is 0 Å². The van der Waals surface area contributed by atoms with Gasteiger partial charge in [0.15, 0.2) is 0 Å². The summed E-state index contributed by atoms with van der Waals surface area (Å²) >= 11 is 0. The van der Waals surface area contributed by atoms with Crippen LogP contribution in [0.1, 0.15) is 34.9 Å². The molecule has 0 atom stereocenters. The van der Waals surface area contributed by atoms with Gasteiger partial charge in [0.05, 0.1) is 17.5 Å². The van der Waals surface area contributed by atoms with Crippen molar-refractivity contribution >= 4 is 28.1 Å². The van der Waals surface area contributed by atoms with Crippen LogP contribution in [0.25, 0.3) is 27.8 Å². The third-order valence-corrected chi connectivity index (χ3v) is 6.31. The van der Waals surface area contributed by atoms with Gasteiger partial charge in [-0.05, 0) is 31.0 Å². The number of nitrogens with one attached hydrogen (secondary N) is 1. The number of benzene rings is 1. The molecule has 1 aromatic carbocycles. The highest BCUT2D eigenvalue weighted by molar-refractivity contribution is 5.94. The Morgan fingerprint density at radius 1 is 1.19 bits per heavy atom. The second-order valence-corrected chi connectivity index (χ2v) is 8.20. The number of rotatable bonds is 3. The summed E-state index contributed by atoms with van der Waals surface area (Å²) < 4.78 is 7.12. The molecular formula is C24H22N6O2. The zero-order chi connectivity index (χ0) is 21.7. The molecule has 1 aliphatic rings. The van der Waals surface area contributed by atoms with E-state index in [0.29, 0.717) is 24.5 Å². The van der Waals surface area contributed by atoms with E-state index in [1.54, 1.807) is 12.3 Å². The fourth-order valence-electron chi connectivity index (χ4n) is 4.67. The van der Waals surface area contributed by atoms with E-state index in [0.717, 1.165) is 46.5 Å². The van der Waals surface area contributed by atoms with Crippen molar-refractivity contribution in [3.05, 3.63) is 72.7 Å². The molecule has 5 heterocycles. The number of likely N-dealkylation sites (tertiary alicyclic amines) is 1. The fraction of sp³-hybridized carbons (Fsp3) is 0.208. The number of hydrogen-bond acceptors (Lipinski definition) is 5. The molecule has 4 aromatic heterocycles. The van der Waals surface area contributed by atoms with E-state index in [4.69, 9.17) is 15.1 Å². The molecule has 0 unspecified atom stereocenters. The highest BCUT2D eigenvalue weighted by atomic mass is 16.3. The number of nitrogens with two attached hydrogens (primary N) is 1. The van der Waals surface area contributed by atoms with Crippen molar-refractivity contribution in [2.75, 3.05) is 18.8 Å². The van der Waals surface area contributed by atoms with Gasteiger partial charge in [-0.2, -0.15) is 0 Å². The highest BCUT2D eigenvalue weighted by Crippen LogP contribution is 2.35. The molecule has 0 aliphatic carbocycles. The van der Waals surface area contributed by atoms with Crippen LogP contribution in [0.2, 0.25) is 0 Å². The lowest BCUT2D eigenvalue weighted by Gasteiger charge is -2.31. The lowest BCUT2D eigenvalue weighted by molar-refractivity contribution is 0.0710. The van der Waals surface area contributed by atoms with Crippen LogP contribution in [-0.4, -0.2) is 43.2 Å². The molecule has 0 bridgehead atoms. The minimum absolute atomic E-state index is 0.0115. The van der Waals surface area contributed by atoms with Crippen LogP contribution in [0.15, 0.2) is 65.7 Å². The van der Waals surface area contributed by atoms with Crippen LogP contribution in [0.4, 0.5) is 5.82 Å². The summed E-state index contributed by atoms with van der Waals surface area (Å²) in [6.45, 7) is 1.35. The van der Waals surface area contributed by atoms with Gasteiger partial charge in [-0.15, -0.1) is 0 Å². The normalized spacial score (nSPS) is 15.1. The second kappa shape index (κ2) is 7.26. The average molecular weight is 426 g/mol. The lowest BCUT2D eigenvalue weighted by Crippen LogP contribution is -2.38. The van der Waals surface area contributed by atoms with Gasteiger partial charge in [-0.1, -0.05) is 18.2 Å². The second-order valence-electron chi connectivity index (χ2n) is 8.20. The number of aromatic amines is 1. The quantitative estimate of drug-likeness (QED) is 0.452. The smallest absolute Gasteiger partial charge is 0.257 e. The first-order valence-corrected chi connectivity index (χ1v) is 10.7. The molecule has 160 valence electrons. The molecule has 8 heteroatoms. The summed E-state index contributed by atoms with van der Waals surface area (Å²) in [7, 11) is 0. The third-order valence-electron chi connectivity index (χ3n) is 6.31. The average Bonchev–Trinajstić information content (AvgIpc) is 3.57. The van der Waals surface area contributed by atoms with Crippen molar-refractivity contribution in [2.24, 2.45) is 0 Å². The Morgan fingerprint density at radius 2 is 2.03 bits per heavy atom. The van der Waals surface area contributed by atoms with Crippen molar-refractivity contribution in [2.45, 2.75) is 18.8 Å². The predicted octanol–water partition coefficient (Wildman–Crippen LogP) is 4.07. The number of amides is 1. The summed E-state index contributed by atoms with van der Waals surface area (Å²) in [5.74, 6) is 1.64. The molecule has 0 radical (unpaired) electrons. The highest BCUT2D eigenvalue weighted by Gasteiger charge is 2.29. The number of nitrogens with zero attached hydrogens (tertiary/aromatic N) is 4. The van der Waals surface area contributed by atoms with Crippen LogP contribution < -0.4 is 5.73 Å². The maximum atomic E-state index is 12.7. The molecule has 1 amide bonds. The zero-order valence-corrected chi connectivity index (χ0v) is 17.4. The Labute approximate surface area is 183 Å². The van der Waals surface area contributed by atoms with Crippen LogP contribution in [-0.2, 0) is 0 Å². The maximum absolute atomic E-state index is 12.7. The first-order valence-electron chi connectivity index (χ1n) is 10.7. The molecule has 3 N–H and O–H groups in total. The van der Waals surface area contributed by atoms with Gasteiger partial charge < -0.3 is 20.0 Å². The Bertz CT molecular complexity index is 1390. The van der Waals surface area contributed by atoms with Crippen molar-refractivity contribution in [3.8, 4) is 11.4 Å². The van der Waals surface area contributed by atoms with Gasteiger partial charge >= 0.3 is 0 Å². The number of furan rings is 1. The Hall–Kier alpha value is -4.07. The third kappa shape index (κ3) is 2.95. The van der Waals surface area contributed by atoms with Gasteiger partial charge in [-0.25, -0.2) is 9.97 Å². The summed E-state index contributed by atoms with van der Waals surface area (Å²) in [5.41, 5.74) is 10.5. The summed E-state index contributed by atoms with van der Waals surface area (Å²) in [6, 6.07) is 12.0. The number of carbonyl (C=O) groups excluding carboxylic acids is 1. The van der Waals surface area contributed by atoms with Crippen molar-refractivity contribution < 1.29 is 9.21 Å². The van der Waals surface area contributed by atoms with Gasteiger partial charge in [-0.3, -0.25) is 9.20 Å². The van der Waals surface area contributed by atoms with E-state index in [2.05, 4.69) is 26.5 Å². The van der Waals surface area contributed by atoms with Crippen LogP contribution in [0, 0.1) is 0 Å². The van der Waals surface area contributed by atoms with Crippen LogP contribution in [0.3, 0.4) is 0 Å². The molecule has 1 saturated heterocycles. The van der Waals surface area contributed by atoms with E-state index in [1.165, 1.54) is 12.5 Å². The van der Waals surface area contributed by atoms with E-state index in [1.807, 2.05) is 29.3 Å². The predicted molar refractivity (Wildman–Crippen MR) is 121 cm³/mol. The molecule has 1 fully saturated rings. The minimum Gasteiger partial charge on any atom is -0.472 e. The topological polar surface area (TPSA) is 105 Å². The first-order chi connectivity index (χ1) is 15.7. The number of anilines is 1. The summed E-state index contributed by atoms with van der Waals surface area (Å²) in [4.78, 5) is 27.4. The van der Waals surface area contributed by atoms with Crippen LogP contribution in [0.5, 0.6) is 0 Å². The van der Waals surface area contributed by atoms with Gasteiger partial charge in [0.2, 0.25) is 0 Å². The molecule has 5 aromatic rings.